The van der Waals surface area contributed by atoms with Gasteiger partial charge in [-0.15, -0.1) is 0 Å². The summed E-state index contributed by atoms with van der Waals surface area (Å²) in [6, 6.07) is 0. The molecule has 0 heterocycles. The van der Waals surface area contributed by atoms with Crippen molar-refractivity contribution in [3.8, 4) is 0 Å². The Bertz CT molecular complexity index is 374. The molecule has 0 aromatic rings. The summed E-state index contributed by atoms with van der Waals surface area (Å²) in [5.41, 5.74) is 2.87. The predicted octanol–water partition coefficient (Wildman–Crippen LogP) is 9.16. The third-order valence-corrected chi connectivity index (χ3v) is 6.74. The van der Waals surface area contributed by atoms with Gasteiger partial charge in [0.25, 0.3) is 0 Å². The summed E-state index contributed by atoms with van der Waals surface area (Å²) in [6.07, 6.45) is 30.7. The van der Waals surface area contributed by atoms with Crippen molar-refractivity contribution in [2.24, 2.45) is 5.84 Å². The highest BCUT2D eigenvalue weighted by Crippen LogP contribution is 2.11. The smallest absolute Gasteiger partial charge is 0.303 e. The van der Waals surface area contributed by atoms with E-state index in [-0.39, 0.29) is 0 Å². The normalized spacial score (nSPS) is 11.0. The van der Waals surface area contributed by atoms with Crippen LogP contribution in [0.5, 0.6) is 0 Å². The Morgan fingerprint density at radius 1 is 0.543 bits per heavy atom. The first-order valence-corrected chi connectivity index (χ1v) is 15.5. The summed E-state index contributed by atoms with van der Waals surface area (Å²) in [6.45, 7) is 8.95. The van der Waals surface area contributed by atoms with E-state index in [4.69, 9.17) is 10.9 Å². The Hall–Kier alpha value is -0.650. The maximum absolute atomic E-state index is 10.1. The minimum atomic E-state index is -0.663. The highest BCUT2D eigenvalue weighted by Gasteiger charge is 2.02. The summed E-state index contributed by atoms with van der Waals surface area (Å²) < 4.78 is 0. The summed E-state index contributed by atoms with van der Waals surface area (Å²) >= 11 is 0. The molecule has 0 bridgehead atoms. The van der Waals surface area contributed by atoms with Crippen molar-refractivity contribution in [1.29, 1.82) is 0 Å². The molecule has 0 aliphatic rings. The zero-order valence-electron chi connectivity index (χ0n) is 24.3. The monoisotopic (exact) mass is 500 g/mol. The number of hydrogen-bond acceptors (Lipinski definition) is 4. The number of nitrogens with zero attached hydrogens (tertiary/aromatic N) is 1. The van der Waals surface area contributed by atoms with E-state index in [1.54, 1.807) is 0 Å². The molecular weight excluding hydrogens is 434 g/mol. The van der Waals surface area contributed by atoms with Crippen molar-refractivity contribution in [1.82, 2.24) is 10.5 Å². The summed E-state index contributed by atoms with van der Waals surface area (Å²) in [7, 11) is 0. The molecule has 35 heavy (non-hydrogen) atoms. The van der Waals surface area contributed by atoms with E-state index >= 15 is 0 Å². The highest BCUT2D eigenvalue weighted by atomic mass is 16.4. The third-order valence-electron chi connectivity index (χ3n) is 6.74. The van der Waals surface area contributed by atoms with Gasteiger partial charge in [0.15, 0.2) is 0 Å². The number of carboxylic acid groups (broad SMARTS) is 1. The fraction of sp³-hybridized carbons (Fsp3) is 0.967. The lowest BCUT2D eigenvalue weighted by Crippen LogP contribution is -2.44. The second kappa shape index (κ2) is 33.4. The number of carbonyl (C=O) groups is 1. The number of rotatable bonds is 27. The first-order chi connectivity index (χ1) is 17.1. The number of nitrogens with two attached hydrogens (primary N) is 1. The van der Waals surface area contributed by atoms with Crippen LogP contribution in [0.1, 0.15) is 175 Å². The van der Waals surface area contributed by atoms with Crippen LogP contribution in [0.3, 0.4) is 0 Å². The van der Waals surface area contributed by atoms with E-state index in [2.05, 4.69) is 31.3 Å². The third kappa shape index (κ3) is 35.6. The molecule has 0 amide bonds. The quantitative estimate of drug-likeness (QED) is 0.0596. The van der Waals surface area contributed by atoms with Gasteiger partial charge in [-0.2, -0.15) is 5.53 Å². The minimum absolute atomic E-state index is 0.341. The van der Waals surface area contributed by atoms with Crippen molar-refractivity contribution >= 4 is 5.97 Å². The van der Waals surface area contributed by atoms with Crippen molar-refractivity contribution < 1.29 is 9.90 Å². The van der Waals surface area contributed by atoms with Crippen LogP contribution in [0.25, 0.3) is 0 Å². The van der Waals surface area contributed by atoms with Gasteiger partial charge in [-0.25, -0.2) is 5.01 Å². The van der Waals surface area contributed by atoms with Crippen LogP contribution in [0.4, 0.5) is 0 Å². The van der Waals surface area contributed by atoms with Crippen LogP contribution in [-0.2, 0) is 4.79 Å². The molecule has 0 rings (SSSR count). The van der Waals surface area contributed by atoms with Crippen molar-refractivity contribution in [2.45, 2.75) is 175 Å². The summed E-state index contributed by atoms with van der Waals surface area (Å²) in [5.74, 6) is 4.98. The summed E-state index contributed by atoms with van der Waals surface area (Å²) in [5, 5.41) is 10.6. The van der Waals surface area contributed by atoms with Crippen molar-refractivity contribution in [3.63, 3.8) is 0 Å². The van der Waals surface area contributed by atoms with Gasteiger partial charge in [0, 0.05) is 19.5 Å². The largest absolute Gasteiger partial charge is 0.481 e. The minimum Gasteiger partial charge on any atom is -0.481 e. The molecule has 0 aliphatic carbocycles. The average Bonchev–Trinajstić information content (AvgIpc) is 2.85. The molecule has 0 saturated heterocycles. The van der Waals surface area contributed by atoms with E-state index < -0.39 is 5.97 Å². The highest BCUT2D eigenvalue weighted by molar-refractivity contribution is 5.66. The van der Waals surface area contributed by atoms with Gasteiger partial charge in [-0.3, -0.25) is 10.6 Å². The molecule has 4 N–H and O–H groups in total. The van der Waals surface area contributed by atoms with E-state index in [0.717, 1.165) is 25.9 Å². The average molecular weight is 500 g/mol. The molecule has 0 aliphatic heterocycles. The van der Waals surface area contributed by atoms with Gasteiger partial charge in [-0.05, 0) is 19.3 Å². The summed E-state index contributed by atoms with van der Waals surface area (Å²) in [4.78, 5) is 10.1. The maximum atomic E-state index is 10.1. The van der Waals surface area contributed by atoms with Gasteiger partial charge in [0.05, 0.1) is 0 Å². The van der Waals surface area contributed by atoms with Gasteiger partial charge >= 0.3 is 5.97 Å². The zero-order valence-corrected chi connectivity index (χ0v) is 24.3. The zero-order chi connectivity index (χ0) is 26.2. The number of nitrogens with one attached hydrogen (secondary N) is 1. The first-order valence-electron chi connectivity index (χ1n) is 15.5. The fourth-order valence-electron chi connectivity index (χ4n) is 4.35. The second-order valence-corrected chi connectivity index (χ2v) is 10.3. The molecule has 0 saturated carbocycles. The molecule has 0 aromatic heterocycles. The Balaban J connectivity index is 0. The topological polar surface area (TPSA) is 78.6 Å². The lowest BCUT2D eigenvalue weighted by atomic mass is 10.1. The molecule has 0 unspecified atom stereocenters. The van der Waals surface area contributed by atoms with E-state index in [9.17, 15) is 4.79 Å². The number of hydrogen-bond donors (Lipinski definition) is 3. The molecule has 0 aromatic carbocycles. The first kappa shape index (κ1) is 36.5. The molecule has 0 radical (unpaired) electrons. The van der Waals surface area contributed by atoms with E-state index in [0.29, 0.717) is 6.42 Å². The molecule has 0 fully saturated rings. The standard InChI is InChI=1S/C20H45N3.C10H20O2/c1-3-5-7-9-11-13-15-17-19-23(22-21)20-18-16-14-12-10-8-6-4-2;1-2-3-4-5-6-7-8-9-10(11)12/h22H,3-21H2,1-2H3;2-9H2,1H3,(H,11,12). The van der Waals surface area contributed by atoms with Crippen LogP contribution in [-0.4, -0.2) is 29.2 Å². The number of hydrazine groups is 2. The molecular formula is C30H65N3O2. The van der Waals surface area contributed by atoms with E-state index in [1.807, 2.05) is 0 Å². The Labute approximate surface area is 220 Å². The lowest BCUT2D eigenvalue weighted by Gasteiger charge is -2.20. The Kier molecular flexibility index (Phi) is 34.8. The molecule has 0 spiro atoms. The number of aliphatic carboxylic acids is 1. The fourth-order valence-corrected chi connectivity index (χ4v) is 4.35. The Morgan fingerprint density at radius 2 is 0.829 bits per heavy atom. The maximum Gasteiger partial charge on any atom is 0.303 e. The predicted molar refractivity (Wildman–Crippen MR) is 154 cm³/mol. The van der Waals surface area contributed by atoms with Gasteiger partial charge in [-0.1, -0.05) is 149 Å². The van der Waals surface area contributed by atoms with Gasteiger partial charge < -0.3 is 5.11 Å². The number of unbranched alkanes of at least 4 members (excludes halogenated alkanes) is 20. The van der Waals surface area contributed by atoms with Crippen molar-refractivity contribution in [3.05, 3.63) is 0 Å². The van der Waals surface area contributed by atoms with Crippen molar-refractivity contribution in [2.75, 3.05) is 13.1 Å². The second-order valence-electron chi connectivity index (χ2n) is 10.3. The molecule has 0 atom stereocenters. The molecule has 212 valence electrons. The lowest BCUT2D eigenvalue weighted by molar-refractivity contribution is -0.137. The van der Waals surface area contributed by atoms with Crippen LogP contribution in [0.15, 0.2) is 0 Å². The molecule has 5 heteroatoms. The van der Waals surface area contributed by atoms with Crippen LogP contribution in [0, 0.1) is 0 Å². The van der Waals surface area contributed by atoms with Crippen LogP contribution >= 0.6 is 0 Å². The van der Waals surface area contributed by atoms with E-state index in [1.165, 1.54) is 135 Å². The van der Waals surface area contributed by atoms with Crippen LogP contribution in [0.2, 0.25) is 0 Å². The SMILES string of the molecule is CCCCCCCCCC(=O)O.CCCCCCCCCCN(CCCCCCCCCC)NN. The van der Waals surface area contributed by atoms with Crippen LogP contribution < -0.4 is 11.4 Å². The molecule has 5 nitrogen and oxygen atoms in total. The Morgan fingerprint density at radius 3 is 1.11 bits per heavy atom. The van der Waals surface area contributed by atoms with Gasteiger partial charge in [0.2, 0.25) is 0 Å². The van der Waals surface area contributed by atoms with Gasteiger partial charge in [0.1, 0.15) is 0 Å². The number of carboxylic acids is 1.